The summed E-state index contributed by atoms with van der Waals surface area (Å²) in [5, 5.41) is 0. The summed E-state index contributed by atoms with van der Waals surface area (Å²) >= 11 is 0. The number of anilines is 1. The fourth-order valence-corrected chi connectivity index (χ4v) is 3.17. The molecule has 3 aromatic carbocycles. The molecule has 0 unspecified atom stereocenters. The molecule has 7 heteroatoms. The molecule has 0 fully saturated rings. The second kappa shape index (κ2) is 6.99. The molecular formula is C21H15F4N3. The van der Waals surface area contributed by atoms with E-state index in [-0.39, 0.29) is 23.5 Å². The summed E-state index contributed by atoms with van der Waals surface area (Å²) in [4.78, 5) is 8.89. The number of imidazole rings is 1. The van der Waals surface area contributed by atoms with Gasteiger partial charge in [0.05, 0.1) is 16.8 Å². The fraction of sp³-hybridized carbons (Fsp3) is 0.0952. The molecule has 4 aromatic rings. The first kappa shape index (κ1) is 18.0. The number of H-pyrrole nitrogens is 1. The molecule has 0 aliphatic heterocycles. The molecule has 0 aliphatic rings. The molecule has 1 aromatic heterocycles. The lowest BCUT2D eigenvalue weighted by Gasteiger charge is -2.20. The number of fused-ring (bicyclic) bond motifs is 1. The Hall–Kier alpha value is -3.35. The van der Waals surface area contributed by atoms with Crippen molar-refractivity contribution < 1.29 is 17.6 Å². The van der Waals surface area contributed by atoms with Crippen molar-refractivity contribution in [3.63, 3.8) is 0 Å². The lowest BCUT2D eigenvalue weighted by Crippen LogP contribution is -2.18. The minimum Gasteiger partial charge on any atom is -0.368 e. The van der Waals surface area contributed by atoms with E-state index in [1.807, 2.05) is 0 Å². The molecule has 0 aliphatic carbocycles. The van der Waals surface area contributed by atoms with E-state index in [2.05, 4.69) is 9.97 Å². The van der Waals surface area contributed by atoms with Crippen LogP contribution in [0.5, 0.6) is 0 Å². The van der Waals surface area contributed by atoms with Crippen LogP contribution in [0.1, 0.15) is 5.56 Å². The van der Waals surface area contributed by atoms with Crippen LogP contribution in [0, 0.1) is 23.3 Å². The predicted octanol–water partition coefficient (Wildman–Crippen LogP) is 5.42. The Morgan fingerprint density at radius 3 is 2.04 bits per heavy atom. The number of aromatic nitrogens is 2. The number of nitrogens with zero attached hydrogens (tertiary/aromatic N) is 2. The van der Waals surface area contributed by atoms with Gasteiger partial charge < -0.3 is 9.88 Å². The number of nitrogens with one attached hydrogen (secondary N) is 1. The van der Waals surface area contributed by atoms with E-state index in [1.165, 1.54) is 24.3 Å². The van der Waals surface area contributed by atoms with E-state index in [1.54, 1.807) is 30.1 Å². The highest BCUT2D eigenvalue weighted by atomic mass is 19.1. The van der Waals surface area contributed by atoms with Gasteiger partial charge in [0.1, 0.15) is 34.6 Å². The van der Waals surface area contributed by atoms with E-state index < -0.39 is 23.3 Å². The van der Waals surface area contributed by atoms with E-state index in [0.29, 0.717) is 16.7 Å². The van der Waals surface area contributed by atoms with Crippen LogP contribution in [-0.4, -0.2) is 17.0 Å². The van der Waals surface area contributed by atoms with Crippen molar-refractivity contribution in [1.82, 2.24) is 9.97 Å². The van der Waals surface area contributed by atoms with Crippen LogP contribution < -0.4 is 4.90 Å². The lowest BCUT2D eigenvalue weighted by molar-refractivity contribution is 0.554. The molecule has 0 radical (unpaired) electrons. The maximum absolute atomic E-state index is 14.1. The molecule has 0 spiro atoms. The summed E-state index contributed by atoms with van der Waals surface area (Å²) in [5.74, 6) is -2.71. The number of para-hydroxylation sites is 1. The molecule has 3 nitrogen and oxygen atoms in total. The van der Waals surface area contributed by atoms with E-state index >= 15 is 0 Å². The van der Waals surface area contributed by atoms with Crippen LogP contribution >= 0.6 is 0 Å². The summed E-state index contributed by atoms with van der Waals surface area (Å²) in [7, 11) is 1.67. The van der Waals surface area contributed by atoms with Gasteiger partial charge >= 0.3 is 0 Å². The maximum Gasteiger partial charge on any atom is 0.144 e. The van der Waals surface area contributed by atoms with Crippen molar-refractivity contribution in [1.29, 1.82) is 0 Å². The predicted molar refractivity (Wildman–Crippen MR) is 99.9 cm³/mol. The van der Waals surface area contributed by atoms with Gasteiger partial charge in [0, 0.05) is 19.2 Å². The van der Waals surface area contributed by atoms with Gasteiger partial charge in [0.25, 0.3) is 0 Å². The molecule has 0 saturated heterocycles. The monoisotopic (exact) mass is 385 g/mol. The molecule has 1 heterocycles. The highest BCUT2D eigenvalue weighted by molar-refractivity contribution is 5.91. The van der Waals surface area contributed by atoms with Crippen LogP contribution in [0.15, 0.2) is 54.6 Å². The quantitative estimate of drug-likeness (QED) is 0.476. The number of benzene rings is 3. The summed E-state index contributed by atoms with van der Waals surface area (Å²) < 4.78 is 56.2. The summed E-state index contributed by atoms with van der Waals surface area (Å²) in [6.07, 6.45) is 0. The Kier molecular flexibility index (Phi) is 4.50. The third-order valence-corrected chi connectivity index (χ3v) is 4.56. The third kappa shape index (κ3) is 3.09. The van der Waals surface area contributed by atoms with E-state index in [9.17, 15) is 17.6 Å². The van der Waals surface area contributed by atoms with Gasteiger partial charge in [-0.05, 0) is 36.4 Å². The van der Waals surface area contributed by atoms with Crippen LogP contribution in [-0.2, 0) is 6.54 Å². The van der Waals surface area contributed by atoms with Crippen molar-refractivity contribution in [3.8, 4) is 11.4 Å². The van der Waals surface area contributed by atoms with Gasteiger partial charge in [-0.15, -0.1) is 0 Å². The molecule has 4 rings (SSSR count). The number of aromatic amines is 1. The summed E-state index contributed by atoms with van der Waals surface area (Å²) in [5.41, 5.74) is 1.24. The van der Waals surface area contributed by atoms with Crippen LogP contribution in [0.4, 0.5) is 23.2 Å². The average Bonchev–Trinajstić information content (AvgIpc) is 3.08. The zero-order valence-corrected chi connectivity index (χ0v) is 14.8. The van der Waals surface area contributed by atoms with Crippen molar-refractivity contribution in [2.45, 2.75) is 6.54 Å². The summed E-state index contributed by atoms with van der Waals surface area (Å²) in [6, 6.07) is 12.4. The first-order valence-corrected chi connectivity index (χ1v) is 8.53. The highest BCUT2D eigenvalue weighted by Gasteiger charge is 2.18. The van der Waals surface area contributed by atoms with E-state index in [0.717, 1.165) is 12.1 Å². The summed E-state index contributed by atoms with van der Waals surface area (Å²) in [6.45, 7) is -0.0339. The topological polar surface area (TPSA) is 31.9 Å². The van der Waals surface area contributed by atoms with E-state index in [4.69, 9.17) is 0 Å². The second-order valence-electron chi connectivity index (χ2n) is 6.41. The average molecular weight is 385 g/mol. The van der Waals surface area contributed by atoms with Gasteiger partial charge in [0.15, 0.2) is 0 Å². The van der Waals surface area contributed by atoms with Gasteiger partial charge in [-0.25, -0.2) is 22.5 Å². The van der Waals surface area contributed by atoms with Crippen molar-refractivity contribution in [2.24, 2.45) is 0 Å². The third-order valence-electron chi connectivity index (χ3n) is 4.56. The second-order valence-corrected chi connectivity index (χ2v) is 6.41. The molecular weight excluding hydrogens is 370 g/mol. The Balaban J connectivity index is 1.77. The molecule has 0 atom stereocenters. The maximum atomic E-state index is 14.1. The molecule has 1 N–H and O–H groups in total. The Labute approximate surface area is 158 Å². The first-order chi connectivity index (χ1) is 13.5. The number of halogens is 4. The molecule has 28 heavy (non-hydrogen) atoms. The van der Waals surface area contributed by atoms with Crippen LogP contribution in [0.3, 0.4) is 0 Å². The Morgan fingerprint density at radius 2 is 1.39 bits per heavy atom. The normalized spacial score (nSPS) is 11.2. The largest absolute Gasteiger partial charge is 0.368 e. The van der Waals surface area contributed by atoms with Crippen molar-refractivity contribution >= 4 is 16.7 Å². The standard InChI is InChI=1S/C21H15F4N3/c1-28(11-12-13(22)5-2-6-14(12)23)18-10-4-9-17-20(18)27-21(26-17)19-15(24)7-3-8-16(19)25/h2-10H,11H2,1H3,(H,26,27). The number of hydrogen-bond acceptors (Lipinski definition) is 2. The first-order valence-electron chi connectivity index (χ1n) is 8.53. The molecule has 142 valence electrons. The Bertz CT molecular complexity index is 1130. The van der Waals surface area contributed by atoms with Crippen molar-refractivity contribution in [2.75, 3.05) is 11.9 Å². The zero-order chi connectivity index (χ0) is 19.8. The van der Waals surface area contributed by atoms with Gasteiger partial charge in [0.2, 0.25) is 0 Å². The van der Waals surface area contributed by atoms with Crippen LogP contribution in [0.2, 0.25) is 0 Å². The smallest absolute Gasteiger partial charge is 0.144 e. The minimum atomic E-state index is -0.734. The highest BCUT2D eigenvalue weighted by Crippen LogP contribution is 2.31. The van der Waals surface area contributed by atoms with Crippen molar-refractivity contribution in [3.05, 3.63) is 83.4 Å². The number of rotatable bonds is 4. The Morgan fingerprint density at radius 1 is 0.821 bits per heavy atom. The molecule has 0 amide bonds. The minimum absolute atomic E-state index is 0.0339. The lowest BCUT2D eigenvalue weighted by atomic mass is 10.1. The molecule has 0 bridgehead atoms. The number of hydrogen-bond donors (Lipinski definition) is 1. The molecule has 0 saturated carbocycles. The van der Waals surface area contributed by atoms with Crippen LogP contribution in [0.25, 0.3) is 22.4 Å². The fourth-order valence-electron chi connectivity index (χ4n) is 3.17. The zero-order valence-electron chi connectivity index (χ0n) is 14.8. The van der Waals surface area contributed by atoms with Gasteiger partial charge in [-0.1, -0.05) is 18.2 Å². The van der Waals surface area contributed by atoms with Gasteiger partial charge in [-0.2, -0.15) is 0 Å². The van der Waals surface area contributed by atoms with Gasteiger partial charge in [-0.3, -0.25) is 0 Å². The SMILES string of the molecule is CN(Cc1c(F)cccc1F)c1cccc2[nH]c(-c3c(F)cccc3F)nc12.